The lowest BCUT2D eigenvalue weighted by Crippen LogP contribution is -2.36. The van der Waals surface area contributed by atoms with E-state index < -0.39 is 8.07 Å². The summed E-state index contributed by atoms with van der Waals surface area (Å²) in [6.07, 6.45) is 0. The fourth-order valence-electron chi connectivity index (χ4n) is 1.35. The van der Waals surface area contributed by atoms with Crippen LogP contribution in [0.4, 0.5) is 0 Å². The summed E-state index contributed by atoms with van der Waals surface area (Å²) in [5.74, 6) is 0. The van der Waals surface area contributed by atoms with Crippen LogP contribution in [0.1, 0.15) is 0 Å². The average Bonchev–Trinajstić information content (AvgIpc) is 2.46. The molecule has 0 radical (unpaired) electrons. The van der Waals surface area contributed by atoms with Gasteiger partial charge in [-0.2, -0.15) is 0 Å². The number of rotatable bonds is 1. The molecule has 0 saturated heterocycles. The van der Waals surface area contributed by atoms with E-state index in [9.17, 15) is 0 Å². The molecule has 0 saturated carbocycles. The highest BCUT2D eigenvalue weighted by Crippen LogP contribution is 2.25. The maximum atomic E-state index is 5.95. The first-order valence-electron chi connectivity index (χ1n) is 4.64. The third-order valence-electron chi connectivity index (χ3n) is 2.17. The van der Waals surface area contributed by atoms with Crippen molar-refractivity contribution >= 4 is 47.6 Å². The van der Waals surface area contributed by atoms with Crippen molar-refractivity contribution in [2.24, 2.45) is 0 Å². The highest BCUT2D eigenvalue weighted by atomic mass is 35.5. The van der Waals surface area contributed by atoms with Crippen molar-refractivity contribution in [3.05, 3.63) is 22.4 Å². The van der Waals surface area contributed by atoms with Crippen LogP contribution in [0.25, 0.3) is 11.0 Å². The van der Waals surface area contributed by atoms with Gasteiger partial charge in [-0.3, -0.25) is 0 Å². The van der Waals surface area contributed by atoms with Crippen molar-refractivity contribution in [2.75, 3.05) is 0 Å². The predicted molar refractivity (Wildman–Crippen MR) is 67.0 cm³/mol. The molecule has 0 N–H and O–H groups in total. The first-order valence-corrected chi connectivity index (χ1v) is 8.89. The molecule has 0 fully saturated rings. The van der Waals surface area contributed by atoms with Crippen LogP contribution in [0, 0.1) is 0 Å². The van der Waals surface area contributed by atoms with Crippen LogP contribution in [-0.4, -0.2) is 13.1 Å². The number of pyridine rings is 1. The topological polar surface area (TPSA) is 26.0 Å². The van der Waals surface area contributed by atoms with Crippen LogP contribution in [0.2, 0.25) is 29.9 Å². The number of halogens is 2. The lowest BCUT2D eigenvalue weighted by Gasteiger charge is -2.10. The largest absolute Gasteiger partial charge is 0.463 e. The third kappa shape index (κ3) is 2.05. The number of furan rings is 1. The molecule has 0 bridgehead atoms. The van der Waals surface area contributed by atoms with Gasteiger partial charge in [-0.1, -0.05) is 42.8 Å². The Morgan fingerprint density at radius 3 is 2.47 bits per heavy atom. The van der Waals surface area contributed by atoms with Crippen molar-refractivity contribution in [1.82, 2.24) is 4.98 Å². The molecule has 5 heteroatoms. The van der Waals surface area contributed by atoms with Crippen LogP contribution < -0.4 is 5.38 Å². The van der Waals surface area contributed by atoms with Gasteiger partial charge in [0, 0.05) is 5.39 Å². The molecule has 2 nitrogen and oxygen atoms in total. The van der Waals surface area contributed by atoms with Crippen LogP contribution in [-0.2, 0) is 0 Å². The molecule has 15 heavy (non-hydrogen) atoms. The molecule has 0 amide bonds. The second-order valence-electron chi connectivity index (χ2n) is 4.51. The van der Waals surface area contributed by atoms with Crippen molar-refractivity contribution in [3.8, 4) is 0 Å². The Hall–Kier alpha value is -0.513. The monoisotopic (exact) mass is 259 g/mol. The molecular weight excluding hydrogens is 249 g/mol. The second kappa shape index (κ2) is 3.51. The Labute approximate surface area is 99.2 Å². The first kappa shape index (κ1) is 11.0. The van der Waals surface area contributed by atoms with E-state index in [1.807, 2.05) is 6.07 Å². The molecule has 2 heterocycles. The van der Waals surface area contributed by atoms with E-state index in [-0.39, 0.29) is 0 Å². The van der Waals surface area contributed by atoms with Crippen molar-refractivity contribution in [1.29, 1.82) is 0 Å². The zero-order chi connectivity index (χ0) is 11.2. The standard InChI is InChI=1S/C10H11Cl2NOSi/c1-15(2,3)8-5-6-4-7(11)13-10(12)9(6)14-8/h4-5H,1-3H3. The Morgan fingerprint density at radius 1 is 1.20 bits per heavy atom. The minimum atomic E-state index is -1.45. The van der Waals surface area contributed by atoms with Gasteiger partial charge in [0.05, 0.1) is 5.38 Å². The van der Waals surface area contributed by atoms with Crippen molar-refractivity contribution in [2.45, 2.75) is 19.6 Å². The van der Waals surface area contributed by atoms with Crippen molar-refractivity contribution in [3.63, 3.8) is 0 Å². The summed E-state index contributed by atoms with van der Waals surface area (Å²) in [5, 5.41) is 2.68. The van der Waals surface area contributed by atoms with Gasteiger partial charge in [0.1, 0.15) is 13.2 Å². The first-order chi connectivity index (χ1) is 6.88. The van der Waals surface area contributed by atoms with E-state index >= 15 is 0 Å². The zero-order valence-corrected chi connectivity index (χ0v) is 11.3. The summed E-state index contributed by atoms with van der Waals surface area (Å²) in [6, 6.07) is 3.79. The minimum Gasteiger partial charge on any atom is -0.463 e. The van der Waals surface area contributed by atoms with E-state index in [0.717, 1.165) is 10.8 Å². The Bertz CT molecular complexity index is 516. The maximum Gasteiger partial charge on any atom is 0.173 e. The van der Waals surface area contributed by atoms with E-state index in [1.54, 1.807) is 6.07 Å². The summed E-state index contributed by atoms with van der Waals surface area (Å²) < 4.78 is 5.73. The van der Waals surface area contributed by atoms with Crippen LogP contribution >= 0.6 is 23.2 Å². The third-order valence-corrected chi connectivity index (χ3v) is 4.34. The van der Waals surface area contributed by atoms with Gasteiger partial charge in [0.2, 0.25) is 0 Å². The average molecular weight is 260 g/mol. The Balaban J connectivity index is 2.71. The molecule has 0 aromatic carbocycles. The molecule has 0 spiro atoms. The number of hydrogen-bond acceptors (Lipinski definition) is 2. The molecular formula is C10H11Cl2NOSi. The predicted octanol–water partition coefficient (Wildman–Crippen LogP) is 3.68. The van der Waals surface area contributed by atoms with Gasteiger partial charge in [0.15, 0.2) is 10.7 Å². The van der Waals surface area contributed by atoms with Crippen LogP contribution in [0.3, 0.4) is 0 Å². The minimum absolute atomic E-state index is 0.335. The van der Waals surface area contributed by atoms with Gasteiger partial charge >= 0.3 is 0 Å². The summed E-state index contributed by atoms with van der Waals surface area (Å²) in [4.78, 5) is 3.95. The molecule has 2 rings (SSSR count). The molecule has 2 aromatic heterocycles. The summed E-state index contributed by atoms with van der Waals surface area (Å²) in [5.41, 5.74) is 0.637. The fraction of sp³-hybridized carbons (Fsp3) is 0.300. The molecule has 0 aliphatic rings. The summed E-state index contributed by atoms with van der Waals surface area (Å²) in [6.45, 7) is 6.65. The van der Waals surface area contributed by atoms with E-state index in [1.165, 1.54) is 0 Å². The molecule has 0 unspecified atom stereocenters. The summed E-state index contributed by atoms with van der Waals surface area (Å²) in [7, 11) is -1.45. The highest BCUT2D eigenvalue weighted by molar-refractivity contribution is 6.87. The quantitative estimate of drug-likeness (QED) is 0.577. The van der Waals surface area contributed by atoms with Gasteiger partial charge < -0.3 is 4.42 Å². The van der Waals surface area contributed by atoms with E-state index in [0.29, 0.717) is 15.9 Å². The molecule has 2 aromatic rings. The number of hydrogen-bond donors (Lipinski definition) is 0. The number of nitrogens with zero attached hydrogens (tertiary/aromatic N) is 1. The lowest BCUT2D eigenvalue weighted by atomic mass is 10.3. The Kier molecular flexibility index (Phi) is 2.57. The second-order valence-corrected chi connectivity index (χ2v) is 10.3. The SMILES string of the molecule is C[Si](C)(C)c1cc2cc(Cl)nc(Cl)c2o1. The van der Waals surface area contributed by atoms with Gasteiger partial charge in [-0.05, 0) is 12.1 Å². The molecule has 0 atom stereocenters. The molecule has 0 aliphatic heterocycles. The molecule has 80 valence electrons. The summed E-state index contributed by atoms with van der Waals surface area (Å²) >= 11 is 11.8. The van der Waals surface area contributed by atoms with Crippen LogP contribution in [0.5, 0.6) is 0 Å². The zero-order valence-electron chi connectivity index (χ0n) is 8.77. The fourth-order valence-corrected chi connectivity index (χ4v) is 2.83. The number of aromatic nitrogens is 1. The van der Waals surface area contributed by atoms with Gasteiger partial charge in [-0.25, -0.2) is 4.98 Å². The normalized spacial score (nSPS) is 12.3. The number of fused-ring (bicyclic) bond motifs is 1. The van der Waals surface area contributed by atoms with Gasteiger partial charge in [0.25, 0.3) is 0 Å². The van der Waals surface area contributed by atoms with Gasteiger partial charge in [-0.15, -0.1) is 0 Å². The molecule has 0 aliphatic carbocycles. The highest BCUT2D eigenvalue weighted by Gasteiger charge is 2.22. The lowest BCUT2D eigenvalue weighted by molar-refractivity contribution is 0.646. The van der Waals surface area contributed by atoms with Crippen molar-refractivity contribution < 1.29 is 4.42 Å². The maximum absolute atomic E-state index is 5.95. The smallest absolute Gasteiger partial charge is 0.173 e. The van der Waals surface area contributed by atoms with E-state index in [4.69, 9.17) is 27.6 Å². The van der Waals surface area contributed by atoms with E-state index in [2.05, 4.69) is 24.6 Å². The van der Waals surface area contributed by atoms with Crippen LogP contribution in [0.15, 0.2) is 16.5 Å². The Morgan fingerprint density at radius 2 is 1.87 bits per heavy atom.